The fourth-order valence-electron chi connectivity index (χ4n) is 3.87. The summed E-state index contributed by atoms with van der Waals surface area (Å²) in [5.74, 6) is 0.761. The first-order valence-electron chi connectivity index (χ1n) is 6.35. The van der Waals surface area contributed by atoms with Gasteiger partial charge in [-0.1, -0.05) is 42.7 Å². The van der Waals surface area contributed by atoms with Gasteiger partial charge in [-0.2, -0.15) is 0 Å². The van der Waals surface area contributed by atoms with Crippen LogP contribution in [0.25, 0.3) is 0 Å². The second-order valence-corrected chi connectivity index (χ2v) is 7.96. The predicted molar refractivity (Wildman–Crippen MR) is 67.7 cm³/mol. The fourth-order valence-corrected chi connectivity index (χ4v) is 5.77. The van der Waals surface area contributed by atoms with Gasteiger partial charge < -0.3 is 5.11 Å². The first kappa shape index (κ1) is 11.9. The lowest BCUT2D eigenvalue weighted by atomic mass is 9.69. The van der Waals surface area contributed by atoms with E-state index in [2.05, 4.69) is 27.7 Å². The Morgan fingerprint density at radius 3 is 2.40 bits per heavy atom. The normalized spacial score (nSPS) is 48.2. The standard InChI is InChI=1S/C13H25OP/c1-5-8-15-13(14)9-10-6-7-12(13,4)11(10,2)3/h10,14-15H,5-9H2,1-4H3. The summed E-state index contributed by atoms with van der Waals surface area (Å²) in [7, 11) is 0.750. The van der Waals surface area contributed by atoms with Gasteiger partial charge in [0.15, 0.2) is 0 Å². The Morgan fingerprint density at radius 1 is 1.33 bits per heavy atom. The highest BCUT2D eigenvalue weighted by atomic mass is 31.1. The van der Waals surface area contributed by atoms with Crippen LogP contribution in [0.3, 0.4) is 0 Å². The maximum Gasteiger partial charge on any atom is 0.0867 e. The van der Waals surface area contributed by atoms with Gasteiger partial charge in [0.25, 0.3) is 0 Å². The molecule has 15 heavy (non-hydrogen) atoms. The third kappa shape index (κ3) is 1.35. The molecule has 0 aromatic rings. The van der Waals surface area contributed by atoms with E-state index in [0.29, 0.717) is 5.41 Å². The molecule has 0 heterocycles. The van der Waals surface area contributed by atoms with Crippen LogP contribution in [-0.4, -0.2) is 16.6 Å². The predicted octanol–water partition coefficient (Wildman–Crippen LogP) is 3.61. The molecule has 0 spiro atoms. The molecule has 0 radical (unpaired) electrons. The first-order valence-corrected chi connectivity index (χ1v) is 7.55. The highest BCUT2D eigenvalue weighted by Gasteiger charge is 2.67. The van der Waals surface area contributed by atoms with E-state index in [1.165, 1.54) is 25.4 Å². The zero-order valence-electron chi connectivity index (χ0n) is 10.6. The summed E-state index contributed by atoms with van der Waals surface area (Å²) in [6.45, 7) is 9.30. The van der Waals surface area contributed by atoms with Crippen LogP contribution < -0.4 is 0 Å². The summed E-state index contributed by atoms with van der Waals surface area (Å²) in [4.78, 5) is 0. The lowest BCUT2D eigenvalue weighted by molar-refractivity contribution is -0.0190. The molecule has 0 aliphatic heterocycles. The van der Waals surface area contributed by atoms with Gasteiger partial charge in [0.1, 0.15) is 0 Å². The topological polar surface area (TPSA) is 20.2 Å². The summed E-state index contributed by atoms with van der Waals surface area (Å²) in [6.07, 6.45) is 6.05. The highest BCUT2D eigenvalue weighted by Crippen LogP contribution is 2.73. The van der Waals surface area contributed by atoms with Crippen molar-refractivity contribution in [3.63, 3.8) is 0 Å². The zero-order valence-corrected chi connectivity index (χ0v) is 11.6. The highest BCUT2D eigenvalue weighted by molar-refractivity contribution is 7.39. The maximum atomic E-state index is 10.9. The van der Waals surface area contributed by atoms with Crippen molar-refractivity contribution in [2.24, 2.45) is 16.7 Å². The Kier molecular flexibility index (Phi) is 2.72. The van der Waals surface area contributed by atoms with Crippen molar-refractivity contribution in [1.82, 2.24) is 0 Å². The van der Waals surface area contributed by atoms with E-state index < -0.39 is 0 Å². The summed E-state index contributed by atoms with van der Waals surface area (Å²) < 4.78 is 0. The molecule has 2 rings (SSSR count). The van der Waals surface area contributed by atoms with Crippen molar-refractivity contribution < 1.29 is 5.11 Å². The van der Waals surface area contributed by atoms with Crippen LogP contribution in [0.1, 0.15) is 53.4 Å². The largest absolute Gasteiger partial charge is 0.385 e. The Hall–Kier alpha value is 0.390. The van der Waals surface area contributed by atoms with Crippen molar-refractivity contribution in [3.05, 3.63) is 0 Å². The molecule has 0 amide bonds. The van der Waals surface area contributed by atoms with Gasteiger partial charge in [0.2, 0.25) is 0 Å². The maximum absolute atomic E-state index is 10.9. The van der Waals surface area contributed by atoms with Gasteiger partial charge in [0.05, 0.1) is 5.34 Å². The lowest BCUT2D eigenvalue weighted by Gasteiger charge is -2.45. The van der Waals surface area contributed by atoms with Crippen LogP contribution >= 0.6 is 8.58 Å². The lowest BCUT2D eigenvalue weighted by Crippen LogP contribution is -2.43. The van der Waals surface area contributed by atoms with Crippen LogP contribution in [-0.2, 0) is 0 Å². The van der Waals surface area contributed by atoms with Crippen molar-refractivity contribution in [2.75, 3.05) is 6.16 Å². The van der Waals surface area contributed by atoms with Crippen LogP contribution in [0.5, 0.6) is 0 Å². The van der Waals surface area contributed by atoms with E-state index in [4.69, 9.17) is 0 Å². The van der Waals surface area contributed by atoms with E-state index in [1.807, 2.05) is 0 Å². The quantitative estimate of drug-likeness (QED) is 0.732. The Bertz CT molecular complexity index is 263. The van der Waals surface area contributed by atoms with Crippen LogP contribution in [0, 0.1) is 16.7 Å². The van der Waals surface area contributed by atoms with Gasteiger partial charge in [-0.05, 0) is 36.8 Å². The molecule has 1 N–H and O–H groups in total. The van der Waals surface area contributed by atoms with Gasteiger partial charge in [-0.25, -0.2) is 0 Å². The van der Waals surface area contributed by atoms with E-state index in [-0.39, 0.29) is 10.8 Å². The number of rotatable bonds is 3. The molecule has 1 nitrogen and oxygen atoms in total. The number of aliphatic hydroxyl groups is 1. The van der Waals surface area contributed by atoms with E-state index in [0.717, 1.165) is 20.9 Å². The molecule has 2 saturated carbocycles. The molecule has 2 bridgehead atoms. The van der Waals surface area contributed by atoms with Crippen LogP contribution in [0.2, 0.25) is 0 Å². The molecular formula is C13H25OP. The molecule has 4 unspecified atom stereocenters. The van der Waals surface area contributed by atoms with Crippen molar-refractivity contribution in [3.8, 4) is 0 Å². The molecule has 0 aromatic carbocycles. The van der Waals surface area contributed by atoms with E-state index >= 15 is 0 Å². The minimum atomic E-state index is -0.338. The molecule has 88 valence electrons. The van der Waals surface area contributed by atoms with Crippen LogP contribution in [0.15, 0.2) is 0 Å². The van der Waals surface area contributed by atoms with Crippen molar-refractivity contribution in [1.29, 1.82) is 0 Å². The van der Waals surface area contributed by atoms with Crippen LogP contribution in [0.4, 0.5) is 0 Å². The minimum Gasteiger partial charge on any atom is -0.385 e. The van der Waals surface area contributed by atoms with Gasteiger partial charge >= 0.3 is 0 Å². The molecular weight excluding hydrogens is 203 g/mol. The molecule has 0 aromatic heterocycles. The Labute approximate surface area is 95.8 Å². The summed E-state index contributed by atoms with van der Waals surface area (Å²) in [5, 5.41) is 10.6. The monoisotopic (exact) mass is 228 g/mol. The molecule has 2 aliphatic carbocycles. The molecule has 0 saturated heterocycles. The molecule has 2 fully saturated rings. The SMILES string of the molecule is CCCPC1(O)CC2CCC1(C)C2(C)C. The zero-order chi connectivity index (χ0) is 11.3. The third-order valence-electron chi connectivity index (χ3n) is 5.56. The van der Waals surface area contributed by atoms with Crippen molar-refractivity contribution >= 4 is 8.58 Å². The third-order valence-corrected chi connectivity index (χ3v) is 7.65. The Balaban J connectivity index is 2.24. The van der Waals surface area contributed by atoms with Crippen molar-refractivity contribution in [2.45, 2.75) is 58.7 Å². The Morgan fingerprint density at radius 2 is 2.00 bits per heavy atom. The van der Waals surface area contributed by atoms with E-state index in [9.17, 15) is 5.11 Å². The minimum absolute atomic E-state index is 0.179. The number of fused-ring (bicyclic) bond motifs is 2. The van der Waals surface area contributed by atoms with Gasteiger partial charge in [0, 0.05) is 5.41 Å². The average Bonchev–Trinajstić information content (AvgIpc) is 2.47. The second-order valence-electron chi connectivity index (χ2n) is 6.28. The van der Waals surface area contributed by atoms with Gasteiger partial charge in [-0.15, -0.1) is 0 Å². The number of hydrogen-bond acceptors (Lipinski definition) is 1. The molecule has 2 aliphatic rings. The molecule has 2 heteroatoms. The first-order chi connectivity index (χ1) is 6.87. The fraction of sp³-hybridized carbons (Fsp3) is 1.00. The average molecular weight is 228 g/mol. The number of hydrogen-bond donors (Lipinski definition) is 1. The summed E-state index contributed by atoms with van der Waals surface area (Å²) in [6, 6.07) is 0. The van der Waals surface area contributed by atoms with Gasteiger partial charge in [-0.3, -0.25) is 0 Å². The second kappa shape index (κ2) is 3.44. The summed E-state index contributed by atoms with van der Waals surface area (Å²) in [5.41, 5.74) is 0.529. The summed E-state index contributed by atoms with van der Waals surface area (Å²) >= 11 is 0. The smallest absolute Gasteiger partial charge is 0.0867 e. The van der Waals surface area contributed by atoms with E-state index in [1.54, 1.807) is 0 Å². The molecule has 4 atom stereocenters.